The maximum atomic E-state index is 11.1. The van der Waals surface area contributed by atoms with Crippen molar-refractivity contribution >= 4 is 50.8 Å². The van der Waals surface area contributed by atoms with Crippen molar-refractivity contribution in [3.63, 3.8) is 0 Å². The van der Waals surface area contributed by atoms with E-state index in [1.807, 2.05) is 22.6 Å². The van der Waals surface area contributed by atoms with E-state index in [-0.39, 0.29) is 19.1 Å². The first kappa shape index (κ1) is 15.8. The molecule has 0 aromatic rings. The van der Waals surface area contributed by atoms with Gasteiger partial charge in [0.25, 0.3) is 0 Å². The average Bonchev–Trinajstić information content (AvgIpc) is 2.16. The Kier molecular flexibility index (Phi) is 8.71. The molecule has 6 nitrogen and oxygen atoms in total. The molecule has 8 heteroatoms. The first-order chi connectivity index (χ1) is 7.45. The lowest BCUT2D eigenvalue weighted by Gasteiger charge is -2.13. The zero-order valence-corrected chi connectivity index (χ0v) is 12.2. The number of ether oxygens (including phenoxy) is 3. The fourth-order valence-corrected chi connectivity index (χ4v) is 1.22. The summed E-state index contributed by atoms with van der Waals surface area (Å²) in [5.41, 5.74) is 0. The van der Waals surface area contributed by atoms with Crippen molar-refractivity contribution < 1.29 is 28.9 Å². The molecular formula is C8H11BrIO6. The van der Waals surface area contributed by atoms with E-state index in [1.54, 1.807) is 6.92 Å². The van der Waals surface area contributed by atoms with Crippen LogP contribution in [0.3, 0.4) is 0 Å². The Morgan fingerprint density at radius 2 is 2.00 bits per heavy atom. The number of carbonyl (C=O) groups excluding carboxylic acids is 2. The van der Waals surface area contributed by atoms with E-state index < -0.39 is 16.4 Å². The van der Waals surface area contributed by atoms with Gasteiger partial charge in [0, 0.05) is 11.8 Å². The van der Waals surface area contributed by atoms with E-state index in [0.717, 1.165) is 0 Å². The fourth-order valence-electron chi connectivity index (χ4n) is 0.622. The Bertz CT molecular complexity index is 237. The van der Waals surface area contributed by atoms with Crippen LogP contribution in [0.2, 0.25) is 0 Å². The van der Waals surface area contributed by atoms with Crippen LogP contribution in [0.5, 0.6) is 0 Å². The summed E-state index contributed by atoms with van der Waals surface area (Å²) >= 11 is 4.97. The van der Waals surface area contributed by atoms with Crippen molar-refractivity contribution in [3.8, 4) is 0 Å². The quantitative estimate of drug-likeness (QED) is 0.382. The van der Waals surface area contributed by atoms with Crippen LogP contribution in [0.4, 0.5) is 9.59 Å². The number of rotatable bonds is 6. The molecule has 0 aromatic heterocycles. The zero-order valence-electron chi connectivity index (χ0n) is 8.48. The normalized spacial score (nSPS) is 13.7. The van der Waals surface area contributed by atoms with E-state index in [2.05, 4.69) is 20.7 Å². The van der Waals surface area contributed by atoms with Gasteiger partial charge in [0.15, 0.2) is 4.11 Å². The van der Waals surface area contributed by atoms with E-state index in [4.69, 9.17) is 9.47 Å². The highest BCUT2D eigenvalue weighted by Gasteiger charge is 2.15. The van der Waals surface area contributed by atoms with Crippen molar-refractivity contribution in [3.05, 3.63) is 0 Å². The number of halogens is 2. The van der Waals surface area contributed by atoms with Gasteiger partial charge in [0.05, 0.1) is 6.61 Å². The molecule has 0 aliphatic heterocycles. The van der Waals surface area contributed by atoms with Crippen molar-refractivity contribution in [2.24, 2.45) is 0 Å². The predicted octanol–water partition coefficient (Wildman–Crippen LogP) is 2.64. The Morgan fingerprint density at radius 1 is 1.38 bits per heavy atom. The monoisotopic (exact) mass is 409 g/mol. The summed E-state index contributed by atoms with van der Waals surface area (Å²) in [7, 11) is 0. The van der Waals surface area contributed by atoms with Crippen LogP contribution in [0.1, 0.15) is 13.3 Å². The maximum absolute atomic E-state index is 11.1. The molecule has 0 aromatic carbocycles. The third kappa shape index (κ3) is 9.01. The molecule has 0 aliphatic rings. The lowest BCUT2D eigenvalue weighted by atomic mass is 10.5. The number of hydrogen-bond donors (Lipinski definition) is 0. The van der Waals surface area contributed by atoms with E-state index in [1.165, 1.54) is 0 Å². The Hall–Kier alpha value is -0.250. The van der Waals surface area contributed by atoms with Crippen molar-refractivity contribution in [1.29, 1.82) is 0 Å². The maximum Gasteiger partial charge on any atom is 0.550 e. The minimum absolute atomic E-state index is 0.0861. The lowest BCUT2D eigenvalue weighted by Crippen LogP contribution is -2.21. The Morgan fingerprint density at radius 3 is 2.50 bits per heavy atom. The zero-order chi connectivity index (χ0) is 12.6. The van der Waals surface area contributed by atoms with Gasteiger partial charge in [-0.05, 0) is 29.5 Å². The molecule has 0 bridgehead atoms. The minimum atomic E-state index is -1.60. The first-order valence-electron chi connectivity index (χ1n) is 4.36. The molecule has 0 amide bonds. The summed E-state index contributed by atoms with van der Waals surface area (Å²) in [5, 5.41) is 10.4. The number of hydrogen-bond acceptors (Lipinski definition) is 5. The molecule has 0 rings (SSSR count). The summed E-state index contributed by atoms with van der Waals surface area (Å²) < 4.78 is 13.3. The molecule has 16 heavy (non-hydrogen) atoms. The number of alkyl halides is 2. The van der Waals surface area contributed by atoms with Gasteiger partial charge < -0.3 is 14.2 Å². The van der Waals surface area contributed by atoms with Gasteiger partial charge >= 0.3 is 12.3 Å². The smallest absolute Gasteiger partial charge is 0.432 e. The van der Waals surface area contributed by atoms with Crippen molar-refractivity contribution in [2.45, 2.75) is 23.6 Å². The van der Waals surface area contributed by atoms with Crippen LogP contribution in [-0.4, -0.2) is 34.5 Å². The standard InChI is InChI=1S/C8H11BrIO6/c1-5(4-9)15-8(13)16-6(10)2-3-14-7(11)12/h5-6H,2-4H2,1H3. The molecule has 2 unspecified atom stereocenters. The number of carbonyl (C=O) groups is 2. The van der Waals surface area contributed by atoms with Crippen LogP contribution in [0, 0.1) is 0 Å². The molecular weight excluding hydrogens is 399 g/mol. The molecule has 2 atom stereocenters. The second-order valence-corrected chi connectivity index (χ2v) is 4.78. The second kappa shape index (κ2) is 8.85. The molecule has 0 saturated heterocycles. The second-order valence-electron chi connectivity index (χ2n) is 2.75. The topological polar surface area (TPSA) is 81.7 Å². The van der Waals surface area contributed by atoms with Crippen LogP contribution in [-0.2, 0) is 19.3 Å². The van der Waals surface area contributed by atoms with Crippen LogP contribution >= 0.6 is 38.5 Å². The van der Waals surface area contributed by atoms with Gasteiger partial charge in [-0.15, -0.1) is 0 Å². The third-order valence-corrected chi connectivity index (χ3v) is 3.09. The van der Waals surface area contributed by atoms with Crippen LogP contribution in [0.15, 0.2) is 0 Å². The van der Waals surface area contributed by atoms with E-state index >= 15 is 0 Å². The largest absolute Gasteiger partial charge is 0.550 e. The van der Waals surface area contributed by atoms with Gasteiger partial charge in [-0.25, -0.2) is 4.79 Å². The van der Waals surface area contributed by atoms with Crippen molar-refractivity contribution in [1.82, 2.24) is 0 Å². The van der Waals surface area contributed by atoms with Crippen molar-refractivity contribution in [2.75, 3.05) is 11.9 Å². The minimum Gasteiger partial charge on any atom is -0.432 e. The molecule has 0 spiro atoms. The van der Waals surface area contributed by atoms with Crippen LogP contribution in [0.25, 0.3) is 0 Å². The molecule has 0 N–H and O–H groups in total. The Balaban J connectivity index is 3.65. The summed E-state index contributed by atoms with van der Waals surface area (Å²) in [4.78, 5) is 21.0. The van der Waals surface area contributed by atoms with Crippen LogP contribution < -0.4 is 0 Å². The average molecular weight is 410 g/mol. The van der Waals surface area contributed by atoms with Gasteiger partial charge in [-0.2, -0.15) is 9.90 Å². The summed E-state index contributed by atoms with van der Waals surface area (Å²) in [5.74, 6) is 0. The molecule has 0 fully saturated rings. The molecule has 0 aliphatic carbocycles. The lowest BCUT2D eigenvalue weighted by molar-refractivity contribution is 0.0237. The highest BCUT2D eigenvalue weighted by molar-refractivity contribution is 14.1. The van der Waals surface area contributed by atoms with E-state index in [0.29, 0.717) is 5.33 Å². The highest BCUT2D eigenvalue weighted by Crippen LogP contribution is 2.10. The Labute approximate surface area is 115 Å². The van der Waals surface area contributed by atoms with Gasteiger partial charge in [0.2, 0.25) is 0 Å². The summed E-state index contributed by atoms with van der Waals surface area (Å²) in [6.45, 7) is 1.62. The van der Waals surface area contributed by atoms with E-state index in [9.17, 15) is 14.7 Å². The molecule has 1 radical (unpaired) electrons. The van der Waals surface area contributed by atoms with Gasteiger partial charge in [0.1, 0.15) is 6.10 Å². The highest BCUT2D eigenvalue weighted by atomic mass is 127. The first-order valence-corrected chi connectivity index (χ1v) is 6.73. The van der Waals surface area contributed by atoms with Gasteiger partial charge in [-0.1, -0.05) is 15.9 Å². The summed E-state index contributed by atoms with van der Waals surface area (Å²) in [6.07, 6.45) is -2.43. The molecule has 93 valence electrons. The SMILES string of the molecule is CC(CBr)OC(=O)OC(I)CCOC([O])=O. The van der Waals surface area contributed by atoms with Gasteiger partial charge in [-0.3, -0.25) is 0 Å². The summed E-state index contributed by atoms with van der Waals surface area (Å²) in [6, 6.07) is 0. The predicted molar refractivity (Wildman–Crippen MR) is 65.3 cm³/mol. The molecule has 0 saturated carbocycles. The third-order valence-electron chi connectivity index (χ3n) is 1.30. The fraction of sp³-hybridized carbons (Fsp3) is 0.750. The molecule has 0 heterocycles.